The molecule has 0 amide bonds. The van der Waals surface area contributed by atoms with Crippen LogP contribution >= 0.6 is 0 Å². The molecule has 2 aromatic rings. The van der Waals surface area contributed by atoms with Crippen molar-refractivity contribution in [2.45, 2.75) is 19.9 Å². The van der Waals surface area contributed by atoms with Crippen LogP contribution in [0.5, 0.6) is 0 Å². The number of hydrogen-bond acceptors (Lipinski definition) is 3. The number of fused-ring (bicyclic) bond motifs is 1. The summed E-state index contributed by atoms with van der Waals surface area (Å²) in [4.78, 5) is 27.4. The fourth-order valence-corrected chi connectivity index (χ4v) is 1.72. The molecule has 2 rings (SSSR count). The second-order valence-electron chi connectivity index (χ2n) is 4.48. The summed E-state index contributed by atoms with van der Waals surface area (Å²) in [5.41, 5.74) is 6.89. The molecule has 17 heavy (non-hydrogen) atoms. The van der Waals surface area contributed by atoms with Gasteiger partial charge in [0.1, 0.15) is 0 Å². The van der Waals surface area contributed by atoms with Crippen molar-refractivity contribution in [2.75, 3.05) is 0 Å². The Morgan fingerprint density at radius 1 is 1.06 bits per heavy atom. The van der Waals surface area contributed by atoms with Crippen LogP contribution in [-0.2, 0) is 0 Å². The molecule has 1 atom stereocenters. The predicted molar refractivity (Wildman–Crippen MR) is 67.0 cm³/mol. The van der Waals surface area contributed by atoms with Crippen LogP contribution in [0.3, 0.4) is 0 Å². The summed E-state index contributed by atoms with van der Waals surface area (Å²) in [5, 5.41) is 0. The quantitative estimate of drug-likeness (QED) is 0.672. The summed E-state index contributed by atoms with van der Waals surface area (Å²) >= 11 is 0. The van der Waals surface area contributed by atoms with E-state index < -0.39 is 11.1 Å². The molecule has 0 aliphatic rings. The van der Waals surface area contributed by atoms with Crippen molar-refractivity contribution in [3.63, 3.8) is 0 Å². The fourth-order valence-electron chi connectivity index (χ4n) is 1.72. The van der Waals surface area contributed by atoms with Gasteiger partial charge in [-0.05, 0) is 23.6 Å². The van der Waals surface area contributed by atoms with Gasteiger partial charge in [-0.3, -0.25) is 9.59 Å². The molecule has 0 fully saturated rings. The van der Waals surface area contributed by atoms with Crippen LogP contribution in [0.4, 0.5) is 0 Å². The van der Waals surface area contributed by atoms with Gasteiger partial charge in [0.05, 0.1) is 11.0 Å². The number of nitrogens with one attached hydrogen (secondary N) is 2. The normalized spacial score (nSPS) is 13.2. The third kappa shape index (κ3) is 2.14. The highest BCUT2D eigenvalue weighted by Crippen LogP contribution is 2.20. The lowest BCUT2D eigenvalue weighted by Crippen LogP contribution is -2.29. The van der Waals surface area contributed by atoms with Gasteiger partial charge < -0.3 is 15.7 Å². The number of benzene rings is 1. The van der Waals surface area contributed by atoms with Gasteiger partial charge in [-0.25, -0.2) is 0 Å². The van der Waals surface area contributed by atoms with Crippen molar-refractivity contribution in [3.05, 3.63) is 44.5 Å². The molecule has 0 saturated carbocycles. The molecular formula is C12H15N3O2. The van der Waals surface area contributed by atoms with E-state index in [2.05, 4.69) is 9.97 Å². The minimum atomic E-state index is -0.646. The standard InChI is InChI=1S/C12H15N3O2/c1-6(2)10(13)7-3-4-8-9(5-7)15-12(17)11(16)14-8/h3-6,10H,13H2,1-2H3,(H,14,16)(H,15,17). The Kier molecular flexibility index (Phi) is 2.85. The largest absolute Gasteiger partial charge is 0.324 e. The number of rotatable bonds is 2. The first-order valence-electron chi connectivity index (χ1n) is 5.51. The number of aromatic nitrogens is 2. The minimum Gasteiger partial charge on any atom is -0.324 e. The number of H-pyrrole nitrogens is 2. The molecule has 1 heterocycles. The zero-order valence-electron chi connectivity index (χ0n) is 9.78. The number of aromatic amines is 2. The summed E-state index contributed by atoms with van der Waals surface area (Å²) in [6, 6.07) is 5.33. The Morgan fingerprint density at radius 2 is 1.65 bits per heavy atom. The molecule has 0 bridgehead atoms. The molecule has 0 spiro atoms. The molecule has 0 saturated heterocycles. The molecular weight excluding hydrogens is 218 g/mol. The lowest BCUT2D eigenvalue weighted by Gasteiger charge is -2.16. The van der Waals surface area contributed by atoms with E-state index in [0.717, 1.165) is 5.56 Å². The number of nitrogens with two attached hydrogens (primary N) is 1. The van der Waals surface area contributed by atoms with Crippen LogP contribution < -0.4 is 16.9 Å². The summed E-state index contributed by atoms with van der Waals surface area (Å²) in [5.74, 6) is 0.307. The molecule has 1 unspecified atom stereocenters. The predicted octanol–water partition coefficient (Wildman–Crippen LogP) is 0.872. The second kappa shape index (κ2) is 4.18. The lowest BCUT2D eigenvalue weighted by molar-refractivity contribution is 0.514. The molecule has 0 radical (unpaired) electrons. The lowest BCUT2D eigenvalue weighted by atomic mass is 9.97. The van der Waals surface area contributed by atoms with Crippen molar-refractivity contribution >= 4 is 11.0 Å². The van der Waals surface area contributed by atoms with Crippen LogP contribution in [0.2, 0.25) is 0 Å². The van der Waals surface area contributed by atoms with E-state index in [-0.39, 0.29) is 6.04 Å². The third-order valence-electron chi connectivity index (χ3n) is 2.85. The van der Waals surface area contributed by atoms with Crippen LogP contribution in [0, 0.1) is 5.92 Å². The van der Waals surface area contributed by atoms with Gasteiger partial charge in [0, 0.05) is 6.04 Å². The maximum Gasteiger partial charge on any atom is 0.314 e. The van der Waals surface area contributed by atoms with Gasteiger partial charge in [-0.2, -0.15) is 0 Å². The Hall–Kier alpha value is -1.88. The first kappa shape index (κ1) is 11.6. The van der Waals surface area contributed by atoms with Gasteiger partial charge in [-0.1, -0.05) is 19.9 Å². The van der Waals surface area contributed by atoms with E-state index in [1.54, 1.807) is 12.1 Å². The van der Waals surface area contributed by atoms with Gasteiger partial charge in [0.2, 0.25) is 0 Å². The van der Waals surface area contributed by atoms with Crippen molar-refractivity contribution < 1.29 is 0 Å². The molecule has 5 heteroatoms. The third-order valence-corrected chi connectivity index (χ3v) is 2.85. The van der Waals surface area contributed by atoms with E-state index >= 15 is 0 Å². The Morgan fingerprint density at radius 3 is 2.24 bits per heavy atom. The molecule has 0 aliphatic heterocycles. The molecule has 1 aromatic heterocycles. The van der Waals surface area contributed by atoms with Crippen LogP contribution in [0.25, 0.3) is 11.0 Å². The van der Waals surface area contributed by atoms with Crippen molar-refractivity contribution in [2.24, 2.45) is 11.7 Å². The average molecular weight is 233 g/mol. The van der Waals surface area contributed by atoms with E-state index in [4.69, 9.17) is 5.73 Å². The molecule has 4 N–H and O–H groups in total. The highest BCUT2D eigenvalue weighted by molar-refractivity contribution is 5.74. The highest BCUT2D eigenvalue weighted by atomic mass is 16.2. The van der Waals surface area contributed by atoms with Gasteiger partial charge in [0.25, 0.3) is 0 Å². The summed E-state index contributed by atoms with van der Waals surface area (Å²) in [6.07, 6.45) is 0. The Bertz CT molecular complexity index is 655. The topological polar surface area (TPSA) is 91.7 Å². The maximum absolute atomic E-state index is 11.2. The SMILES string of the molecule is CC(C)C(N)c1ccc2[nH]c(=O)c(=O)[nH]c2c1. The van der Waals surface area contributed by atoms with Crippen molar-refractivity contribution in [1.82, 2.24) is 9.97 Å². The monoisotopic (exact) mass is 233 g/mol. The fraction of sp³-hybridized carbons (Fsp3) is 0.333. The van der Waals surface area contributed by atoms with E-state index in [1.807, 2.05) is 19.9 Å². The van der Waals surface area contributed by atoms with Crippen LogP contribution in [0.15, 0.2) is 27.8 Å². The smallest absolute Gasteiger partial charge is 0.314 e. The van der Waals surface area contributed by atoms with Gasteiger partial charge in [0.15, 0.2) is 0 Å². The Balaban J connectivity index is 2.62. The zero-order valence-corrected chi connectivity index (χ0v) is 9.78. The number of hydrogen-bond donors (Lipinski definition) is 3. The van der Waals surface area contributed by atoms with Crippen LogP contribution in [0.1, 0.15) is 25.5 Å². The van der Waals surface area contributed by atoms with Crippen molar-refractivity contribution in [3.8, 4) is 0 Å². The van der Waals surface area contributed by atoms with Crippen LogP contribution in [-0.4, -0.2) is 9.97 Å². The first-order valence-corrected chi connectivity index (χ1v) is 5.51. The average Bonchev–Trinajstić information content (AvgIpc) is 2.29. The van der Waals surface area contributed by atoms with E-state index in [1.165, 1.54) is 0 Å². The molecule has 90 valence electrons. The first-order chi connectivity index (χ1) is 7.99. The molecule has 1 aromatic carbocycles. The summed E-state index contributed by atoms with van der Waals surface area (Å²) < 4.78 is 0. The zero-order chi connectivity index (χ0) is 12.6. The van der Waals surface area contributed by atoms with E-state index in [0.29, 0.717) is 17.0 Å². The summed E-state index contributed by atoms with van der Waals surface area (Å²) in [6.45, 7) is 4.06. The van der Waals surface area contributed by atoms with Crippen molar-refractivity contribution in [1.29, 1.82) is 0 Å². The van der Waals surface area contributed by atoms with E-state index in [9.17, 15) is 9.59 Å². The maximum atomic E-state index is 11.2. The summed E-state index contributed by atoms with van der Waals surface area (Å²) in [7, 11) is 0. The van der Waals surface area contributed by atoms with Gasteiger partial charge >= 0.3 is 11.1 Å². The highest BCUT2D eigenvalue weighted by Gasteiger charge is 2.11. The Labute approximate surface area is 97.7 Å². The molecule has 0 aliphatic carbocycles. The van der Waals surface area contributed by atoms with Gasteiger partial charge in [-0.15, -0.1) is 0 Å². The minimum absolute atomic E-state index is 0.0881. The second-order valence-corrected chi connectivity index (χ2v) is 4.48. The molecule has 5 nitrogen and oxygen atoms in total.